The molecule has 5 heteroatoms. The van der Waals surface area contributed by atoms with Crippen molar-refractivity contribution in [3.63, 3.8) is 0 Å². The van der Waals surface area contributed by atoms with Gasteiger partial charge in [0.2, 0.25) is 0 Å². The topological polar surface area (TPSA) is 66.4 Å². The van der Waals surface area contributed by atoms with E-state index in [9.17, 15) is 9.59 Å². The van der Waals surface area contributed by atoms with Gasteiger partial charge in [0, 0.05) is 7.05 Å². The number of carbonyl (C=O) groups excluding carboxylic acids is 1. The number of nitrogens with one attached hydrogen (secondary N) is 1. The van der Waals surface area contributed by atoms with Crippen molar-refractivity contribution in [2.75, 3.05) is 34.2 Å². The molecule has 0 heterocycles. The average Bonchev–Trinajstić information content (AvgIpc) is 1.83. The zero-order chi connectivity index (χ0) is 9.78. The lowest BCUT2D eigenvalue weighted by Crippen LogP contribution is -2.49. The molecule has 0 radical (unpaired) electrons. The number of amides is 1. The van der Waals surface area contributed by atoms with E-state index in [4.69, 9.17) is 5.11 Å². The largest absolute Gasteiger partial charge is 0.477 e. The lowest BCUT2D eigenvalue weighted by Gasteiger charge is -2.26. The minimum absolute atomic E-state index is 0.0482. The zero-order valence-corrected chi connectivity index (χ0v) is 7.63. The maximum absolute atomic E-state index is 10.9. The molecule has 0 rings (SSSR count). The maximum atomic E-state index is 10.9. The SMILES string of the molecule is CNC(=O)C[N+](C)(C)CC(=O)O. The van der Waals surface area contributed by atoms with Gasteiger partial charge in [-0.2, -0.15) is 0 Å². The molecule has 0 aliphatic heterocycles. The van der Waals surface area contributed by atoms with E-state index >= 15 is 0 Å². The normalized spacial score (nSPS) is 10.9. The van der Waals surface area contributed by atoms with E-state index in [0.29, 0.717) is 0 Å². The Bertz CT molecular complexity index is 189. The van der Waals surface area contributed by atoms with Gasteiger partial charge in [-0.15, -0.1) is 0 Å². The Labute approximate surface area is 71.6 Å². The fraction of sp³-hybridized carbons (Fsp3) is 0.714. The van der Waals surface area contributed by atoms with Crippen molar-refractivity contribution < 1.29 is 19.2 Å². The Morgan fingerprint density at radius 2 is 1.83 bits per heavy atom. The number of likely N-dealkylation sites (N-methyl/N-ethyl adjacent to an activating group) is 2. The highest BCUT2D eigenvalue weighted by Gasteiger charge is 2.22. The predicted octanol–water partition coefficient (Wildman–Crippen LogP) is -1.11. The van der Waals surface area contributed by atoms with Gasteiger partial charge in [-0.25, -0.2) is 4.79 Å². The number of hydrogen-bond acceptors (Lipinski definition) is 2. The lowest BCUT2D eigenvalue weighted by atomic mass is 10.4. The van der Waals surface area contributed by atoms with Crippen LogP contribution in [-0.4, -0.2) is 55.7 Å². The molecule has 0 aromatic carbocycles. The van der Waals surface area contributed by atoms with Crippen LogP contribution >= 0.6 is 0 Å². The summed E-state index contributed by atoms with van der Waals surface area (Å²) in [5.41, 5.74) is 0. The molecule has 0 fully saturated rings. The van der Waals surface area contributed by atoms with Crippen LogP contribution in [0.1, 0.15) is 0 Å². The molecule has 2 N–H and O–H groups in total. The zero-order valence-electron chi connectivity index (χ0n) is 7.63. The Morgan fingerprint density at radius 1 is 1.33 bits per heavy atom. The van der Waals surface area contributed by atoms with Gasteiger partial charge in [0.1, 0.15) is 0 Å². The van der Waals surface area contributed by atoms with E-state index in [0.717, 1.165) is 0 Å². The molecule has 0 aromatic heterocycles. The number of rotatable bonds is 4. The summed E-state index contributed by atoms with van der Waals surface area (Å²) in [6.45, 7) is 0.135. The number of carboxylic acid groups (broad SMARTS) is 1. The third kappa shape index (κ3) is 4.68. The summed E-state index contributed by atoms with van der Waals surface area (Å²) in [5.74, 6) is -1.05. The van der Waals surface area contributed by atoms with Gasteiger partial charge in [0.05, 0.1) is 14.1 Å². The second-order valence-corrected chi connectivity index (χ2v) is 3.32. The van der Waals surface area contributed by atoms with Crippen LogP contribution in [0, 0.1) is 0 Å². The Hall–Kier alpha value is -1.10. The monoisotopic (exact) mass is 175 g/mol. The number of carboxylic acids is 1. The third-order valence-corrected chi connectivity index (χ3v) is 1.41. The molecule has 70 valence electrons. The number of hydrogen-bond donors (Lipinski definition) is 2. The highest BCUT2D eigenvalue weighted by atomic mass is 16.4. The molecule has 0 saturated heterocycles. The molecule has 0 aromatic rings. The number of aliphatic carboxylic acids is 1. The van der Waals surface area contributed by atoms with Crippen LogP contribution in [0.4, 0.5) is 0 Å². The van der Waals surface area contributed by atoms with Crippen molar-refractivity contribution in [1.29, 1.82) is 0 Å². The van der Waals surface area contributed by atoms with E-state index in [-0.39, 0.29) is 23.5 Å². The van der Waals surface area contributed by atoms with E-state index < -0.39 is 5.97 Å². The van der Waals surface area contributed by atoms with Gasteiger partial charge < -0.3 is 14.9 Å². The summed E-state index contributed by atoms with van der Waals surface area (Å²) in [6, 6.07) is 0. The molecule has 0 bridgehead atoms. The number of carbonyl (C=O) groups is 2. The molecule has 0 spiro atoms. The highest BCUT2D eigenvalue weighted by molar-refractivity contribution is 5.77. The summed E-state index contributed by atoms with van der Waals surface area (Å²) < 4.78 is 0.162. The van der Waals surface area contributed by atoms with Gasteiger partial charge >= 0.3 is 5.97 Å². The van der Waals surface area contributed by atoms with Gasteiger partial charge in [-0.1, -0.05) is 0 Å². The molecular weight excluding hydrogens is 160 g/mol. The first-order valence-electron chi connectivity index (χ1n) is 3.62. The van der Waals surface area contributed by atoms with Crippen LogP contribution in [0.25, 0.3) is 0 Å². The summed E-state index contributed by atoms with van der Waals surface area (Å²) in [4.78, 5) is 21.2. The maximum Gasteiger partial charge on any atom is 0.359 e. The number of nitrogens with zero attached hydrogens (tertiary/aromatic N) is 1. The number of quaternary nitrogens is 1. The second-order valence-electron chi connectivity index (χ2n) is 3.32. The molecule has 0 unspecified atom stereocenters. The minimum atomic E-state index is -0.899. The molecule has 12 heavy (non-hydrogen) atoms. The fourth-order valence-corrected chi connectivity index (χ4v) is 0.890. The fourth-order valence-electron chi connectivity index (χ4n) is 0.890. The summed E-state index contributed by atoms with van der Waals surface area (Å²) in [7, 11) is 4.93. The summed E-state index contributed by atoms with van der Waals surface area (Å²) >= 11 is 0. The van der Waals surface area contributed by atoms with E-state index in [2.05, 4.69) is 5.32 Å². The van der Waals surface area contributed by atoms with Gasteiger partial charge in [-0.3, -0.25) is 4.79 Å². The van der Waals surface area contributed by atoms with E-state index in [1.165, 1.54) is 7.05 Å². The smallest absolute Gasteiger partial charge is 0.359 e. The molecule has 0 aliphatic carbocycles. The highest BCUT2D eigenvalue weighted by Crippen LogP contribution is 1.94. The van der Waals surface area contributed by atoms with Crippen molar-refractivity contribution in [3.05, 3.63) is 0 Å². The second kappa shape index (κ2) is 4.06. The summed E-state index contributed by atoms with van der Waals surface area (Å²) in [5, 5.41) is 10.9. The van der Waals surface area contributed by atoms with Crippen LogP contribution in [0.15, 0.2) is 0 Å². The van der Waals surface area contributed by atoms with E-state index in [1.807, 2.05) is 0 Å². The molecule has 0 atom stereocenters. The Morgan fingerprint density at radius 3 is 2.17 bits per heavy atom. The van der Waals surface area contributed by atoms with Crippen molar-refractivity contribution in [2.45, 2.75) is 0 Å². The third-order valence-electron chi connectivity index (χ3n) is 1.41. The molecule has 0 saturated carbocycles. The van der Waals surface area contributed by atoms with Crippen molar-refractivity contribution in [3.8, 4) is 0 Å². The van der Waals surface area contributed by atoms with Gasteiger partial charge in [0.25, 0.3) is 5.91 Å². The van der Waals surface area contributed by atoms with Gasteiger partial charge in [0.15, 0.2) is 13.1 Å². The van der Waals surface area contributed by atoms with Crippen LogP contribution in [-0.2, 0) is 9.59 Å². The first-order valence-corrected chi connectivity index (χ1v) is 3.62. The quantitative estimate of drug-likeness (QED) is 0.533. The minimum Gasteiger partial charge on any atom is -0.477 e. The van der Waals surface area contributed by atoms with Crippen LogP contribution in [0.2, 0.25) is 0 Å². The summed E-state index contributed by atoms with van der Waals surface area (Å²) in [6.07, 6.45) is 0. The molecule has 5 nitrogen and oxygen atoms in total. The van der Waals surface area contributed by atoms with Crippen molar-refractivity contribution >= 4 is 11.9 Å². The molecule has 1 amide bonds. The van der Waals surface area contributed by atoms with E-state index in [1.54, 1.807) is 14.1 Å². The standard InChI is InChI=1S/C7H14N2O3/c1-8-6(10)4-9(2,3)5-7(11)12/h4-5H2,1-3H3,(H-,8,10,11,12)/p+1. The van der Waals surface area contributed by atoms with Crippen LogP contribution < -0.4 is 5.32 Å². The predicted molar refractivity (Wildman–Crippen MR) is 43.5 cm³/mol. The lowest BCUT2D eigenvalue weighted by molar-refractivity contribution is -0.875. The first-order chi connectivity index (χ1) is 5.37. The van der Waals surface area contributed by atoms with Crippen molar-refractivity contribution in [2.24, 2.45) is 0 Å². The molecular formula is C7H15N2O3+. The average molecular weight is 175 g/mol. The van der Waals surface area contributed by atoms with Gasteiger partial charge in [-0.05, 0) is 0 Å². The van der Waals surface area contributed by atoms with Crippen molar-refractivity contribution in [1.82, 2.24) is 5.32 Å². The Kier molecular flexibility index (Phi) is 3.69. The first kappa shape index (κ1) is 10.9. The molecule has 0 aliphatic rings. The van der Waals surface area contributed by atoms with Crippen LogP contribution in [0.3, 0.4) is 0 Å². The Balaban J connectivity index is 4.03. The van der Waals surface area contributed by atoms with Crippen LogP contribution in [0.5, 0.6) is 0 Å².